The van der Waals surface area contributed by atoms with Gasteiger partial charge in [-0.15, -0.1) is 0 Å². The number of benzene rings is 2. The Hall–Kier alpha value is -2.04. The number of likely N-dealkylation sites (tertiary alicyclic amines) is 1. The lowest BCUT2D eigenvalue weighted by Gasteiger charge is -2.35. The molecule has 3 rings (SSSR count). The van der Waals surface area contributed by atoms with Gasteiger partial charge in [0.15, 0.2) is 6.61 Å². The lowest BCUT2D eigenvalue weighted by Crippen LogP contribution is -2.41. The Balaban J connectivity index is 1.60. The summed E-state index contributed by atoms with van der Waals surface area (Å²) >= 11 is 6.45. The molecule has 0 bridgehead atoms. The Morgan fingerprint density at radius 1 is 1.15 bits per heavy atom. The second kappa shape index (κ2) is 9.77. The van der Waals surface area contributed by atoms with Crippen LogP contribution in [0.5, 0.6) is 5.75 Å². The van der Waals surface area contributed by atoms with Gasteiger partial charge in [-0.1, -0.05) is 48.4 Å². The van der Waals surface area contributed by atoms with E-state index in [9.17, 15) is 4.79 Å². The molecule has 2 aromatic rings. The maximum atomic E-state index is 12.3. The summed E-state index contributed by atoms with van der Waals surface area (Å²) in [5.74, 6) is 0.592. The third-order valence-electron chi connectivity index (χ3n) is 4.95. The zero-order chi connectivity index (χ0) is 19.1. The van der Waals surface area contributed by atoms with Crippen LogP contribution in [0.3, 0.4) is 0 Å². The highest BCUT2D eigenvalue weighted by Crippen LogP contribution is 2.29. The zero-order valence-corrected chi connectivity index (χ0v) is 16.5. The molecule has 1 atom stereocenters. The minimum absolute atomic E-state index is 0.0126. The molecule has 1 amide bonds. The van der Waals surface area contributed by atoms with Gasteiger partial charge in [-0.25, -0.2) is 0 Å². The van der Waals surface area contributed by atoms with Gasteiger partial charge in [0.25, 0.3) is 5.91 Å². The predicted octanol–water partition coefficient (Wildman–Crippen LogP) is 4.37. The van der Waals surface area contributed by atoms with Crippen molar-refractivity contribution >= 4 is 17.5 Å². The molecule has 0 aromatic heterocycles. The van der Waals surface area contributed by atoms with Crippen LogP contribution in [0.25, 0.3) is 0 Å². The summed E-state index contributed by atoms with van der Waals surface area (Å²) in [6.45, 7) is 4.61. The first-order valence-electron chi connectivity index (χ1n) is 9.58. The maximum absolute atomic E-state index is 12.3. The van der Waals surface area contributed by atoms with Gasteiger partial charge >= 0.3 is 0 Å². The topological polar surface area (TPSA) is 41.6 Å². The lowest BCUT2D eigenvalue weighted by atomic mass is 10.0. The summed E-state index contributed by atoms with van der Waals surface area (Å²) in [5.41, 5.74) is 2.18. The normalized spacial score (nSPS) is 15.9. The van der Waals surface area contributed by atoms with Crippen LogP contribution in [0.15, 0.2) is 48.5 Å². The molecule has 5 heteroatoms. The highest BCUT2D eigenvalue weighted by atomic mass is 35.5. The number of hydrogen-bond donors (Lipinski definition) is 1. The van der Waals surface area contributed by atoms with Crippen molar-refractivity contribution in [2.45, 2.75) is 32.2 Å². The molecule has 0 unspecified atom stereocenters. The molecule has 1 fully saturated rings. The van der Waals surface area contributed by atoms with Crippen molar-refractivity contribution in [1.29, 1.82) is 0 Å². The number of aryl methyl sites for hydroxylation is 1. The first kappa shape index (κ1) is 19.7. The van der Waals surface area contributed by atoms with Gasteiger partial charge in [-0.2, -0.15) is 0 Å². The zero-order valence-electron chi connectivity index (χ0n) is 15.8. The highest BCUT2D eigenvalue weighted by molar-refractivity contribution is 6.31. The summed E-state index contributed by atoms with van der Waals surface area (Å²) in [6.07, 6.45) is 3.64. The van der Waals surface area contributed by atoms with Crippen LogP contribution in [0, 0.1) is 6.92 Å². The van der Waals surface area contributed by atoms with Crippen molar-refractivity contribution in [2.24, 2.45) is 0 Å². The second-order valence-corrected chi connectivity index (χ2v) is 7.45. The van der Waals surface area contributed by atoms with Crippen molar-refractivity contribution in [3.05, 3.63) is 64.7 Å². The van der Waals surface area contributed by atoms with E-state index in [2.05, 4.69) is 16.3 Å². The molecule has 1 heterocycles. The molecule has 0 aliphatic carbocycles. The lowest BCUT2D eigenvalue weighted by molar-refractivity contribution is -0.123. The quantitative estimate of drug-likeness (QED) is 0.768. The Kier molecular flexibility index (Phi) is 7.13. The molecule has 1 saturated heterocycles. The van der Waals surface area contributed by atoms with Crippen molar-refractivity contribution in [1.82, 2.24) is 10.2 Å². The smallest absolute Gasteiger partial charge is 0.258 e. The molecule has 0 radical (unpaired) electrons. The molecule has 2 aromatic carbocycles. The number of carbonyl (C=O) groups excluding carboxylic acids is 1. The fourth-order valence-electron chi connectivity index (χ4n) is 3.53. The van der Waals surface area contributed by atoms with E-state index in [1.165, 1.54) is 19.3 Å². The number of rotatable bonds is 7. The monoisotopic (exact) mass is 386 g/mol. The van der Waals surface area contributed by atoms with E-state index < -0.39 is 0 Å². The number of carbonyl (C=O) groups is 1. The van der Waals surface area contributed by atoms with Crippen LogP contribution in [-0.2, 0) is 4.79 Å². The highest BCUT2D eigenvalue weighted by Gasteiger charge is 2.24. The standard InChI is InChI=1S/C22H27ClN2O2/c1-17-8-7-9-18(14-17)27-16-22(26)24-15-21(25-12-5-2-6-13-25)19-10-3-4-11-20(19)23/h3-4,7-11,14,21H,2,5-6,12-13,15-16H2,1H3,(H,24,26)/t21-/m1/s1. The largest absolute Gasteiger partial charge is 0.484 e. The summed E-state index contributed by atoms with van der Waals surface area (Å²) in [6, 6.07) is 15.7. The summed E-state index contributed by atoms with van der Waals surface area (Å²) < 4.78 is 5.60. The van der Waals surface area contributed by atoms with Crippen molar-refractivity contribution < 1.29 is 9.53 Å². The number of nitrogens with zero attached hydrogens (tertiary/aromatic N) is 1. The van der Waals surface area contributed by atoms with Crippen molar-refractivity contribution in [3.63, 3.8) is 0 Å². The van der Waals surface area contributed by atoms with Crippen molar-refractivity contribution in [3.8, 4) is 5.75 Å². The maximum Gasteiger partial charge on any atom is 0.258 e. The number of piperidine rings is 1. The third-order valence-corrected chi connectivity index (χ3v) is 5.29. The molecule has 27 heavy (non-hydrogen) atoms. The number of ether oxygens (including phenoxy) is 1. The SMILES string of the molecule is Cc1cccc(OCC(=O)NC[C@H](c2ccccc2Cl)N2CCCCC2)c1. The van der Waals surface area contributed by atoms with E-state index in [1.807, 2.05) is 49.4 Å². The molecule has 1 aliphatic rings. The van der Waals surface area contributed by atoms with Gasteiger partial charge in [0, 0.05) is 11.6 Å². The van der Waals surface area contributed by atoms with Gasteiger partial charge in [-0.3, -0.25) is 9.69 Å². The average Bonchev–Trinajstić information content (AvgIpc) is 2.69. The first-order chi connectivity index (χ1) is 13.1. The molecule has 4 nitrogen and oxygen atoms in total. The van der Waals surface area contributed by atoms with Gasteiger partial charge in [0.1, 0.15) is 5.75 Å². The minimum Gasteiger partial charge on any atom is -0.484 e. The van der Waals surface area contributed by atoms with Crippen LogP contribution in [-0.4, -0.2) is 37.0 Å². The third kappa shape index (κ3) is 5.72. The van der Waals surface area contributed by atoms with Gasteiger partial charge in [0.2, 0.25) is 0 Å². The van der Waals surface area contributed by atoms with Gasteiger partial charge in [0.05, 0.1) is 6.04 Å². The van der Waals surface area contributed by atoms with E-state index in [0.29, 0.717) is 12.3 Å². The average molecular weight is 387 g/mol. The number of amides is 1. The molecule has 0 spiro atoms. The van der Waals surface area contributed by atoms with Crippen LogP contribution < -0.4 is 10.1 Å². The second-order valence-electron chi connectivity index (χ2n) is 7.04. The van der Waals surface area contributed by atoms with E-state index >= 15 is 0 Å². The van der Waals surface area contributed by atoms with Crippen LogP contribution in [0.1, 0.15) is 36.4 Å². The van der Waals surface area contributed by atoms with E-state index in [-0.39, 0.29) is 18.6 Å². The summed E-state index contributed by atoms with van der Waals surface area (Å²) in [5, 5.41) is 3.77. The molecular weight excluding hydrogens is 360 g/mol. The van der Waals surface area contributed by atoms with Gasteiger partial charge in [-0.05, 0) is 62.2 Å². The number of halogens is 1. The molecule has 0 saturated carbocycles. The molecule has 1 N–H and O–H groups in total. The van der Waals surface area contributed by atoms with Gasteiger partial charge < -0.3 is 10.1 Å². The van der Waals surface area contributed by atoms with E-state index in [0.717, 1.165) is 29.2 Å². The Morgan fingerprint density at radius 2 is 1.93 bits per heavy atom. The van der Waals surface area contributed by atoms with Crippen LogP contribution in [0.2, 0.25) is 5.02 Å². The summed E-state index contributed by atoms with van der Waals surface area (Å²) in [4.78, 5) is 14.7. The van der Waals surface area contributed by atoms with Crippen molar-refractivity contribution in [2.75, 3.05) is 26.2 Å². The number of nitrogens with one attached hydrogen (secondary N) is 1. The molecule has 144 valence electrons. The number of hydrogen-bond acceptors (Lipinski definition) is 3. The van der Waals surface area contributed by atoms with E-state index in [1.54, 1.807) is 0 Å². The minimum atomic E-state index is -0.120. The fourth-order valence-corrected chi connectivity index (χ4v) is 3.79. The van der Waals surface area contributed by atoms with Crippen LogP contribution >= 0.6 is 11.6 Å². The molecular formula is C22H27ClN2O2. The Labute approximate surface area is 166 Å². The summed E-state index contributed by atoms with van der Waals surface area (Å²) in [7, 11) is 0. The first-order valence-corrected chi connectivity index (χ1v) is 9.96. The Bertz CT molecular complexity index is 759. The van der Waals surface area contributed by atoms with Crippen LogP contribution in [0.4, 0.5) is 0 Å². The molecule has 1 aliphatic heterocycles. The predicted molar refractivity (Wildman–Crippen MR) is 109 cm³/mol. The fraction of sp³-hybridized carbons (Fsp3) is 0.409. The van der Waals surface area contributed by atoms with E-state index in [4.69, 9.17) is 16.3 Å². The Morgan fingerprint density at radius 3 is 2.67 bits per heavy atom.